The zero-order valence-electron chi connectivity index (χ0n) is 10.7. The highest BCUT2D eigenvalue weighted by Gasteiger charge is 2.03. The average Bonchev–Trinajstić information content (AvgIpc) is 2.27. The van der Waals surface area contributed by atoms with Gasteiger partial charge in [-0.15, -0.1) is 0 Å². The molecule has 0 amide bonds. The van der Waals surface area contributed by atoms with Crippen LogP contribution in [0.15, 0.2) is 0 Å². The van der Waals surface area contributed by atoms with E-state index in [9.17, 15) is 4.55 Å². The van der Waals surface area contributed by atoms with Gasteiger partial charge in [0.2, 0.25) is 0 Å². The monoisotopic (exact) mass is 248 g/mol. The Kier molecular flexibility index (Phi) is 13.6. The summed E-state index contributed by atoms with van der Waals surface area (Å²) in [5, 5.41) is 8.59. The summed E-state index contributed by atoms with van der Waals surface area (Å²) in [4.78, 5) is 0. The third-order valence-electron chi connectivity index (χ3n) is 2.79. The molecule has 1 N–H and O–H groups in total. The molecule has 0 aromatic carbocycles. The van der Waals surface area contributed by atoms with Crippen molar-refractivity contribution in [2.75, 3.05) is 18.1 Å². The molecule has 0 rings (SSSR count). The van der Waals surface area contributed by atoms with Crippen LogP contribution in [0.25, 0.3) is 0 Å². The molecule has 3 heteroatoms. The maximum absolute atomic E-state index is 11.2. The van der Waals surface area contributed by atoms with E-state index in [1.165, 1.54) is 51.4 Å². The molecule has 1 atom stereocenters. The van der Waals surface area contributed by atoms with Crippen molar-refractivity contribution in [3.05, 3.63) is 0 Å². The van der Waals surface area contributed by atoms with Crippen LogP contribution < -0.4 is 0 Å². The molecule has 0 radical (unpaired) electrons. The topological polar surface area (TPSA) is 43.3 Å². The Labute approximate surface area is 104 Å². The molecule has 0 aliphatic rings. The van der Waals surface area contributed by atoms with Gasteiger partial charge in [0.05, 0.1) is 6.61 Å². The molecule has 0 aromatic heterocycles. The summed E-state index contributed by atoms with van der Waals surface area (Å²) in [6.07, 6.45) is 11.7. The highest BCUT2D eigenvalue weighted by atomic mass is 32.2. The summed E-state index contributed by atoms with van der Waals surface area (Å²) in [7, 11) is 0. The molecule has 0 saturated carbocycles. The van der Waals surface area contributed by atoms with Crippen molar-refractivity contribution in [2.24, 2.45) is 0 Å². The summed E-state index contributed by atoms with van der Waals surface area (Å²) >= 11 is -0.782. The maximum atomic E-state index is 11.2. The molecule has 1 unspecified atom stereocenters. The first-order valence-electron chi connectivity index (χ1n) is 6.77. The first kappa shape index (κ1) is 16.3. The SMILES string of the molecule is CCCCCCCCCCC[S+]([O-])CCO. The molecule has 98 valence electrons. The lowest BCUT2D eigenvalue weighted by atomic mass is 10.1. The van der Waals surface area contributed by atoms with Gasteiger partial charge in [-0.25, -0.2) is 0 Å². The number of hydrogen-bond donors (Lipinski definition) is 1. The molecule has 0 aliphatic carbocycles. The second-order valence-electron chi connectivity index (χ2n) is 4.40. The van der Waals surface area contributed by atoms with E-state index in [0.717, 1.165) is 12.2 Å². The van der Waals surface area contributed by atoms with E-state index in [1.807, 2.05) is 0 Å². The van der Waals surface area contributed by atoms with Gasteiger partial charge >= 0.3 is 0 Å². The smallest absolute Gasteiger partial charge is 0.128 e. The molecule has 0 bridgehead atoms. The van der Waals surface area contributed by atoms with Crippen LogP contribution in [0.5, 0.6) is 0 Å². The van der Waals surface area contributed by atoms with Gasteiger partial charge in [0, 0.05) is 0 Å². The largest absolute Gasteiger partial charge is 0.616 e. The van der Waals surface area contributed by atoms with Gasteiger partial charge < -0.3 is 9.66 Å². The standard InChI is InChI=1S/C13H28O2S/c1-2-3-4-5-6-7-8-9-10-12-16(15)13-11-14/h14H,2-13H2,1H3. The Balaban J connectivity index is 2.98. The molecule has 0 heterocycles. The van der Waals surface area contributed by atoms with Crippen LogP contribution in [0, 0.1) is 0 Å². The molecule has 0 aromatic rings. The van der Waals surface area contributed by atoms with Gasteiger partial charge in [0.15, 0.2) is 0 Å². The molecule has 0 aliphatic heterocycles. The fourth-order valence-electron chi connectivity index (χ4n) is 1.78. The molecule has 0 spiro atoms. The lowest BCUT2D eigenvalue weighted by molar-refractivity contribution is 0.319. The zero-order valence-corrected chi connectivity index (χ0v) is 11.6. The minimum Gasteiger partial charge on any atom is -0.616 e. The van der Waals surface area contributed by atoms with Crippen molar-refractivity contribution >= 4 is 11.2 Å². The third kappa shape index (κ3) is 12.3. The van der Waals surface area contributed by atoms with E-state index < -0.39 is 11.2 Å². The van der Waals surface area contributed by atoms with Crippen LogP contribution in [-0.2, 0) is 11.2 Å². The summed E-state index contributed by atoms with van der Waals surface area (Å²) in [5.41, 5.74) is 0. The van der Waals surface area contributed by atoms with Crippen LogP contribution in [0.1, 0.15) is 64.7 Å². The fraction of sp³-hybridized carbons (Fsp3) is 1.00. The van der Waals surface area contributed by atoms with Crippen LogP contribution in [0.4, 0.5) is 0 Å². The number of unbranched alkanes of at least 4 members (excludes halogenated alkanes) is 8. The summed E-state index contributed by atoms with van der Waals surface area (Å²) in [6.45, 7) is 2.30. The van der Waals surface area contributed by atoms with E-state index in [0.29, 0.717) is 5.75 Å². The molecule has 0 fully saturated rings. The maximum Gasteiger partial charge on any atom is 0.128 e. The first-order chi connectivity index (χ1) is 7.81. The quantitative estimate of drug-likeness (QED) is 0.425. The normalized spacial score (nSPS) is 12.9. The van der Waals surface area contributed by atoms with Gasteiger partial charge in [-0.05, 0) is 12.8 Å². The van der Waals surface area contributed by atoms with Crippen LogP contribution in [-0.4, -0.2) is 27.8 Å². The minimum absolute atomic E-state index is 0.0596. The van der Waals surface area contributed by atoms with Gasteiger partial charge in [0.1, 0.15) is 11.5 Å². The van der Waals surface area contributed by atoms with Gasteiger partial charge in [-0.2, -0.15) is 0 Å². The average molecular weight is 248 g/mol. The lowest BCUT2D eigenvalue weighted by Gasteiger charge is -2.08. The Hall–Kier alpha value is 0.270. The molecule has 2 nitrogen and oxygen atoms in total. The van der Waals surface area contributed by atoms with Gasteiger partial charge in [0.25, 0.3) is 0 Å². The molecule has 0 saturated heterocycles. The number of aliphatic hydroxyl groups excluding tert-OH is 1. The van der Waals surface area contributed by atoms with Gasteiger partial charge in [-0.3, -0.25) is 0 Å². The summed E-state index contributed by atoms with van der Waals surface area (Å²) < 4.78 is 11.2. The Morgan fingerprint density at radius 2 is 1.31 bits per heavy atom. The minimum atomic E-state index is -0.782. The van der Waals surface area contributed by atoms with Crippen molar-refractivity contribution in [1.29, 1.82) is 0 Å². The van der Waals surface area contributed by atoms with Crippen molar-refractivity contribution in [2.45, 2.75) is 64.7 Å². The second kappa shape index (κ2) is 13.3. The van der Waals surface area contributed by atoms with E-state index >= 15 is 0 Å². The summed E-state index contributed by atoms with van der Waals surface area (Å²) in [6, 6.07) is 0. The molecule has 16 heavy (non-hydrogen) atoms. The van der Waals surface area contributed by atoms with Crippen molar-refractivity contribution in [3.8, 4) is 0 Å². The molecular formula is C13H28O2S. The second-order valence-corrected chi connectivity index (χ2v) is 6.10. The van der Waals surface area contributed by atoms with Crippen LogP contribution in [0.3, 0.4) is 0 Å². The van der Waals surface area contributed by atoms with Gasteiger partial charge in [-0.1, -0.05) is 63.0 Å². The number of hydrogen-bond acceptors (Lipinski definition) is 2. The van der Waals surface area contributed by atoms with E-state index in [1.54, 1.807) is 0 Å². The number of rotatable bonds is 12. The lowest BCUT2D eigenvalue weighted by Crippen LogP contribution is -2.13. The zero-order chi connectivity index (χ0) is 12.1. The van der Waals surface area contributed by atoms with Crippen LogP contribution in [0.2, 0.25) is 0 Å². The highest BCUT2D eigenvalue weighted by Crippen LogP contribution is 2.10. The van der Waals surface area contributed by atoms with Crippen molar-refractivity contribution in [1.82, 2.24) is 0 Å². The number of aliphatic hydroxyl groups is 1. The fourth-order valence-corrected chi connectivity index (χ4v) is 2.71. The Bertz CT molecular complexity index is 131. The van der Waals surface area contributed by atoms with Crippen LogP contribution >= 0.6 is 0 Å². The highest BCUT2D eigenvalue weighted by molar-refractivity contribution is 7.91. The van der Waals surface area contributed by atoms with E-state index in [2.05, 4.69) is 6.92 Å². The predicted octanol–water partition coefficient (Wildman–Crippen LogP) is 3.26. The predicted molar refractivity (Wildman–Crippen MR) is 72.2 cm³/mol. The van der Waals surface area contributed by atoms with E-state index in [-0.39, 0.29) is 6.61 Å². The van der Waals surface area contributed by atoms with Crippen molar-refractivity contribution in [3.63, 3.8) is 0 Å². The summed E-state index contributed by atoms with van der Waals surface area (Å²) in [5.74, 6) is 1.23. The molecular weight excluding hydrogens is 220 g/mol. The van der Waals surface area contributed by atoms with E-state index in [4.69, 9.17) is 5.11 Å². The first-order valence-corrected chi connectivity index (χ1v) is 8.26. The Morgan fingerprint density at radius 1 is 0.812 bits per heavy atom. The third-order valence-corrected chi connectivity index (χ3v) is 4.18. The Morgan fingerprint density at radius 3 is 1.81 bits per heavy atom. The van der Waals surface area contributed by atoms with Crippen molar-refractivity contribution < 1.29 is 9.66 Å².